The summed E-state index contributed by atoms with van der Waals surface area (Å²) in [5, 5.41) is 3.58. The van der Waals surface area contributed by atoms with E-state index in [1.807, 2.05) is 18.0 Å². The fraction of sp³-hybridized carbons (Fsp3) is 0.722. The Morgan fingerprint density at radius 1 is 1.43 bits per heavy atom. The number of hydrogen-bond acceptors (Lipinski definition) is 5. The van der Waals surface area contributed by atoms with Gasteiger partial charge in [-0.15, -0.1) is 0 Å². The monoisotopic (exact) mass is 337 g/mol. The normalized spacial score (nSPS) is 20.6. The molecule has 23 heavy (non-hydrogen) atoms. The third-order valence-electron chi connectivity index (χ3n) is 3.80. The van der Waals surface area contributed by atoms with Gasteiger partial charge in [-0.05, 0) is 25.5 Å². The van der Waals surface area contributed by atoms with E-state index in [-0.39, 0.29) is 6.10 Å². The van der Waals surface area contributed by atoms with Crippen LogP contribution in [0.2, 0.25) is 0 Å². The summed E-state index contributed by atoms with van der Waals surface area (Å²) in [6.45, 7) is 14.7. The molecule has 0 spiro atoms. The average Bonchev–Trinajstić information content (AvgIpc) is 2.51. The first-order valence-corrected chi connectivity index (χ1v) is 9.51. The molecule has 1 aliphatic heterocycles. The Hall–Kier alpha value is -0.780. The van der Waals surface area contributed by atoms with Crippen molar-refractivity contribution in [3.05, 3.63) is 23.9 Å². The summed E-state index contributed by atoms with van der Waals surface area (Å²) in [5.74, 6) is 2.18. The second kappa shape index (κ2) is 8.36. The molecule has 0 radical (unpaired) electrons. The Morgan fingerprint density at radius 3 is 2.83 bits per heavy atom. The van der Waals surface area contributed by atoms with E-state index in [1.54, 1.807) is 0 Å². The Labute approximate surface area is 145 Å². The highest BCUT2D eigenvalue weighted by Crippen LogP contribution is 2.23. The van der Waals surface area contributed by atoms with Gasteiger partial charge in [0.1, 0.15) is 5.82 Å². The van der Waals surface area contributed by atoms with Gasteiger partial charge in [-0.25, -0.2) is 4.98 Å². The maximum Gasteiger partial charge on any atom is 0.128 e. The number of nitrogens with zero attached hydrogens (tertiary/aromatic N) is 2. The average molecular weight is 338 g/mol. The van der Waals surface area contributed by atoms with Crippen molar-refractivity contribution < 1.29 is 4.74 Å². The second-order valence-electron chi connectivity index (χ2n) is 7.36. The molecule has 4 nitrogen and oxygen atoms in total. The van der Waals surface area contributed by atoms with Crippen LogP contribution >= 0.6 is 11.8 Å². The molecule has 1 aromatic rings. The lowest BCUT2D eigenvalue weighted by Gasteiger charge is -2.32. The van der Waals surface area contributed by atoms with Crippen molar-refractivity contribution in [2.45, 2.75) is 58.1 Å². The first kappa shape index (κ1) is 18.6. The van der Waals surface area contributed by atoms with E-state index in [9.17, 15) is 0 Å². The molecule has 5 heteroatoms. The maximum absolute atomic E-state index is 5.58. The highest BCUT2D eigenvalue weighted by Gasteiger charge is 2.17. The van der Waals surface area contributed by atoms with E-state index in [0.29, 0.717) is 10.8 Å². The lowest BCUT2D eigenvalue weighted by atomic mass is 10.2. The quantitative estimate of drug-likeness (QED) is 0.862. The molecule has 130 valence electrons. The Balaban J connectivity index is 1.78. The fourth-order valence-corrected chi connectivity index (χ4v) is 3.33. The first-order chi connectivity index (χ1) is 10.8. The number of nitrogens with one attached hydrogen (secondary N) is 1. The van der Waals surface area contributed by atoms with Gasteiger partial charge in [0.05, 0.1) is 12.7 Å². The van der Waals surface area contributed by atoms with Gasteiger partial charge in [0.2, 0.25) is 0 Å². The lowest BCUT2D eigenvalue weighted by molar-refractivity contribution is 0.0529. The van der Waals surface area contributed by atoms with Crippen LogP contribution in [0, 0.1) is 0 Å². The van der Waals surface area contributed by atoms with Crippen molar-refractivity contribution in [2.75, 3.05) is 30.3 Å². The van der Waals surface area contributed by atoms with Crippen LogP contribution in [0.1, 0.15) is 40.2 Å². The Morgan fingerprint density at radius 2 is 2.22 bits per heavy atom. The molecule has 1 aliphatic rings. The molecule has 1 fully saturated rings. The van der Waals surface area contributed by atoms with Crippen LogP contribution in [0.15, 0.2) is 18.3 Å². The molecule has 1 saturated heterocycles. The summed E-state index contributed by atoms with van der Waals surface area (Å²) in [5.41, 5.74) is 1.24. The fourth-order valence-electron chi connectivity index (χ4n) is 2.46. The highest BCUT2D eigenvalue weighted by molar-refractivity contribution is 8.00. The largest absolute Gasteiger partial charge is 0.375 e. The molecule has 2 rings (SSSR count). The number of rotatable bonds is 6. The van der Waals surface area contributed by atoms with Gasteiger partial charge in [-0.3, -0.25) is 0 Å². The summed E-state index contributed by atoms with van der Waals surface area (Å²) in [6.07, 6.45) is 2.28. The third-order valence-corrected chi connectivity index (χ3v) is 5.33. The molecule has 1 N–H and O–H groups in total. The van der Waals surface area contributed by atoms with Gasteiger partial charge < -0.3 is 15.0 Å². The summed E-state index contributed by atoms with van der Waals surface area (Å²) in [7, 11) is 0. The van der Waals surface area contributed by atoms with Crippen LogP contribution in [0.25, 0.3) is 0 Å². The zero-order chi connectivity index (χ0) is 16.9. The second-order valence-corrected chi connectivity index (χ2v) is 9.20. The van der Waals surface area contributed by atoms with E-state index in [4.69, 9.17) is 4.74 Å². The van der Waals surface area contributed by atoms with Crippen molar-refractivity contribution >= 4 is 17.6 Å². The number of aromatic nitrogens is 1. The van der Waals surface area contributed by atoms with Gasteiger partial charge >= 0.3 is 0 Å². The van der Waals surface area contributed by atoms with E-state index in [0.717, 1.165) is 37.8 Å². The van der Waals surface area contributed by atoms with E-state index in [1.165, 1.54) is 5.56 Å². The molecule has 0 amide bonds. The van der Waals surface area contributed by atoms with Crippen LogP contribution in [-0.4, -0.2) is 47.3 Å². The SMILES string of the molecule is C[C@H](CSC(C)(C)C)NCc1ccc(N2CCO[C@@H](C)C2)nc1. The predicted octanol–water partition coefficient (Wildman–Crippen LogP) is 3.32. The van der Waals surface area contributed by atoms with Gasteiger partial charge in [-0.1, -0.05) is 26.8 Å². The minimum absolute atomic E-state index is 0.285. The molecular weight excluding hydrogens is 306 g/mol. The maximum atomic E-state index is 5.58. The van der Waals surface area contributed by atoms with E-state index >= 15 is 0 Å². The molecule has 2 heterocycles. The summed E-state index contributed by atoms with van der Waals surface area (Å²) < 4.78 is 5.91. The zero-order valence-electron chi connectivity index (χ0n) is 15.1. The summed E-state index contributed by atoms with van der Waals surface area (Å²) >= 11 is 2.00. The molecule has 0 saturated carbocycles. The van der Waals surface area contributed by atoms with Crippen LogP contribution in [-0.2, 0) is 11.3 Å². The molecule has 2 atom stereocenters. The summed E-state index contributed by atoms with van der Waals surface area (Å²) in [4.78, 5) is 6.92. The minimum Gasteiger partial charge on any atom is -0.375 e. The standard InChI is InChI=1S/C18H31N3OS/c1-14(13-23-18(3,4)5)19-10-16-6-7-17(20-11-16)21-8-9-22-15(2)12-21/h6-7,11,14-15,19H,8-10,12-13H2,1-5H3/t14-,15+/m1/s1. The number of pyridine rings is 1. The number of thioether (sulfide) groups is 1. The highest BCUT2D eigenvalue weighted by atomic mass is 32.2. The topological polar surface area (TPSA) is 37.4 Å². The first-order valence-electron chi connectivity index (χ1n) is 8.52. The molecule has 0 bridgehead atoms. The smallest absolute Gasteiger partial charge is 0.128 e. The van der Waals surface area contributed by atoms with Crippen molar-refractivity contribution in [3.8, 4) is 0 Å². The zero-order valence-corrected chi connectivity index (χ0v) is 15.9. The molecular formula is C18H31N3OS. The van der Waals surface area contributed by atoms with Crippen LogP contribution in [0.4, 0.5) is 5.82 Å². The Bertz CT molecular complexity index is 472. The van der Waals surface area contributed by atoms with Crippen LogP contribution < -0.4 is 10.2 Å². The molecule has 0 aromatic carbocycles. The van der Waals surface area contributed by atoms with Crippen molar-refractivity contribution in [2.24, 2.45) is 0 Å². The Kier molecular flexibility index (Phi) is 6.74. The van der Waals surface area contributed by atoms with Crippen LogP contribution in [0.3, 0.4) is 0 Å². The molecule has 1 aromatic heterocycles. The van der Waals surface area contributed by atoms with Gasteiger partial charge in [0.25, 0.3) is 0 Å². The lowest BCUT2D eigenvalue weighted by Crippen LogP contribution is -2.41. The minimum atomic E-state index is 0.285. The van der Waals surface area contributed by atoms with E-state index in [2.05, 4.69) is 62.0 Å². The summed E-state index contributed by atoms with van der Waals surface area (Å²) in [6, 6.07) is 4.81. The number of morpholine rings is 1. The number of hydrogen-bond donors (Lipinski definition) is 1. The predicted molar refractivity (Wildman–Crippen MR) is 100 cm³/mol. The number of anilines is 1. The number of ether oxygens (including phenoxy) is 1. The van der Waals surface area contributed by atoms with Crippen molar-refractivity contribution in [1.82, 2.24) is 10.3 Å². The molecule has 0 aliphatic carbocycles. The van der Waals surface area contributed by atoms with Crippen LogP contribution in [0.5, 0.6) is 0 Å². The van der Waals surface area contributed by atoms with E-state index < -0.39 is 0 Å². The van der Waals surface area contributed by atoms with Crippen molar-refractivity contribution in [3.63, 3.8) is 0 Å². The third kappa shape index (κ3) is 6.69. The van der Waals surface area contributed by atoms with Gasteiger partial charge in [0.15, 0.2) is 0 Å². The van der Waals surface area contributed by atoms with Gasteiger partial charge in [-0.2, -0.15) is 11.8 Å². The molecule has 0 unspecified atom stereocenters. The van der Waals surface area contributed by atoms with Gasteiger partial charge in [0, 0.05) is 42.4 Å². The van der Waals surface area contributed by atoms with Crippen molar-refractivity contribution in [1.29, 1.82) is 0 Å².